The molecule has 0 radical (unpaired) electrons. The number of methoxy groups -OCH3 is 1. The van der Waals surface area contributed by atoms with Crippen molar-refractivity contribution in [1.29, 1.82) is 0 Å². The van der Waals surface area contributed by atoms with Gasteiger partial charge in [0.1, 0.15) is 17.1 Å². The van der Waals surface area contributed by atoms with Crippen molar-refractivity contribution in [3.8, 4) is 5.75 Å². The summed E-state index contributed by atoms with van der Waals surface area (Å²) in [6.07, 6.45) is -3.97. The average Bonchev–Trinajstić information content (AvgIpc) is 2.47. The van der Waals surface area contributed by atoms with Crippen LogP contribution in [0, 0.1) is 5.82 Å². The molecule has 0 aliphatic rings. The SMILES string of the molecule is COc1ccc(F)c(C(F)(F)F)c1C=NNc1ccccc1. The molecule has 0 spiro atoms. The lowest BCUT2D eigenvalue weighted by molar-refractivity contribution is -0.140. The van der Waals surface area contributed by atoms with Crippen LogP contribution >= 0.6 is 0 Å². The highest BCUT2D eigenvalue weighted by Gasteiger charge is 2.37. The first-order valence-corrected chi connectivity index (χ1v) is 6.21. The smallest absolute Gasteiger partial charge is 0.419 e. The molecule has 0 aromatic heterocycles. The number of rotatable bonds is 4. The maximum Gasteiger partial charge on any atom is 0.419 e. The number of alkyl halides is 3. The van der Waals surface area contributed by atoms with Gasteiger partial charge in [-0.05, 0) is 24.3 Å². The lowest BCUT2D eigenvalue weighted by Crippen LogP contribution is -2.13. The molecular formula is C15H12F4N2O. The summed E-state index contributed by atoms with van der Waals surface area (Å²) in [6.45, 7) is 0. The van der Waals surface area contributed by atoms with Crippen molar-refractivity contribution in [2.75, 3.05) is 12.5 Å². The second kappa shape index (κ2) is 6.46. The highest BCUT2D eigenvalue weighted by molar-refractivity contribution is 5.86. The topological polar surface area (TPSA) is 33.6 Å². The van der Waals surface area contributed by atoms with Gasteiger partial charge in [-0.3, -0.25) is 5.43 Å². The summed E-state index contributed by atoms with van der Waals surface area (Å²) in [5, 5.41) is 3.71. The number of nitrogens with zero attached hydrogens (tertiary/aromatic N) is 1. The van der Waals surface area contributed by atoms with Crippen molar-refractivity contribution in [2.24, 2.45) is 5.10 Å². The highest BCUT2D eigenvalue weighted by Crippen LogP contribution is 2.37. The summed E-state index contributed by atoms with van der Waals surface area (Å²) in [4.78, 5) is 0. The van der Waals surface area contributed by atoms with E-state index in [4.69, 9.17) is 4.74 Å². The van der Waals surface area contributed by atoms with Crippen molar-refractivity contribution < 1.29 is 22.3 Å². The zero-order chi connectivity index (χ0) is 16.2. The normalized spacial score (nSPS) is 11.7. The molecule has 2 aromatic rings. The fourth-order valence-electron chi connectivity index (χ4n) is 1.85. The van der Waals surface area contributed by atoms with Crippen LogP contribution in [0.4, 0.5) is 23.2 Å². The lowest BCUT2D eigenvalue weighted by atomic mass is 10.1. The van der Waals surface area contributed by atoms with Gasteiger partial charge in [0, 0.05) is 0 Å². The minimum atomic E-state index is -4.85. The van der Waals surface area contributed by atoms with Gasteiger partial charge in [0.15, 0.2) is 0 Å². The van der Waals surface area contributed by atoms with Crippen LogP contribution in [0.15, 0.2) is 47.6 Å². The molecule has 116 valence electrons. The van der Waals surface area contributed by atoms with E-state index in [0.717, 1.165) is 12.3 Å². The van der Waals surface area contributed by atoms with Crippen molar-refractivity contribution in [2.45, 2.75) is 6.18 Å². The number of benzene rings is 2. The van der Waals surface area contributed by atoms with Gasteiger partial charge in [-0.15, -0.1) is 0 Å². The lowest BCUT2D eigenvalue weighted by Gasteiger charge is -2.14. The summed E-state index contributed by atoms with van der Waals surface area (Å²) >= 11 is 0. The van der Waals surface area contributed by atoms with Gasteiger partial charge < -0.3 is 4.74 Å². The minimum absolute atomic E-state index is 0.118. The van der Waals surface area contributed by atoms with Crippen molar-refractivity contribution in [3.63, 3.8) is 0 Å². The number of nitrogens with one attached hydrogen (secondary N) is 1. The fraction of sp³-hybridized carbons (Fsp3) is 0.133. The summed E-state index contributed by atoms with van der Waals surface area (Å²) in [7, 11) is 1.20. The molecule has 0 saturated carbocycles. The molecule has 0 aliphatic carbocycles. The monoisotopic (exact) mass is 312 g/mol. The molecule has 22 heavy (non-hydrogen) atoms. The van der Waals surface area contributed by atoms with E-state index in [-0.39, 0.29) is 5.75 Å². The van der Waals surface area contributed by atoms with E-state index in [1.165, 1.54) is 7.11 Å². The molecule has 0 saturated heterocycles. The van der Waals surface area contributed by atoms with Crippen LogP contribution in [0.1, 0.15) is 11.1 Å². The van der Waals surface area contributed by atoms with E-state index < -0.39 is 23.1 Å². The Kier molecular flexibility index (Phi) is 4.65. The quantitative estimate of drug-likeness (QED) is 0.519. The van der Waals surface area contributed by atoms with Crippen LogP contribution < -0.4 is 10.2 Å². The number of ether oxygens (including phenoxy) is 1. The maximum atomic E-state index is 13.6. The summed E-state index contributed by atoms with van der Waals surface area (Å²) in [5.74, 6) is -1.50. The van der Waals surface area contributed by atoms with Crippen LogP contribution in [0.3, 0.4) is 0 Å². The number of anilines is 1. The molecule has 0 fully saturated rings. The fourth-order valence-corrected chi connectivity index (χ4v) is 1.85. The number of hydrogen-bond donors (Lipinski definition) is 1. The van der Waals surface area contributed by atoms with Gasteiger partial charge in [0.2, 0.25) is 0 Å². The third kappa shape index (κ3) is 3.55. The molecule has 7 heteroatoms. The van der Waals surface area contributed by atoms with Gasteiger partial charge in [0.05, 0.1) is 24.6 Å². The van der Waals surface area contributed by atoms with Gasteiger partial charge >= 0.3 is 6.18 Å². The van der Waals surface area contributed by atoms with Crippen LogP contribution in [0.5, 0.6) is 5.75 Å². The Hall–Kier alpha value is -2.57. The van der Waals surface area contributed by atoms with Gasteiger partial charge in [-0.25, -0.2) is 4.39 Å². The molecule has 0 amide bonds. The van der Waals surface area contributed by atoms with Crippen LogP contribution in [0.2, 0.25) is 0 Å². The number of hydrazone groups is 1. The molecule has 3 nitrogen and oxygen atoms in total. The first kappa shape index (κ1) is 15.8. The van der Waals surface area contributed by atoms with Crippen LogP contribution in [-0.4, -0.2) is 13.3 Å². The molecule has 0 heterocycles. The molecule has 0 unspecified atom stereocenters. The molecule has 2 aromatic carbocycles. The second-order valence-electron chi connectivity index (χ2n) is 4.27. The standard InChI is InChI=1S/C15H12F4N2O/c1-22-13-8-7-12(16)14(15(17,18)19)11(13)9-20-21-10-5-3-2-4-6-10/h2-9,21H,1H3. The van der Waals surface area contributed by atoms with E-state index in [0.29, 0.717) is 11.8 Å². The Morgan fingerprint density at radius 1 is 1.09 bits per heavy atom. The molecule has 2 rings (SSSR count). The highest BCUT2D eigenvalue weighted by atomic mass is 19.4. The third-order valence-electron chi connectivity index (χ3n) is 2.82. The van der Waals surface area contributed by atoms with E-state index in [2.05, 4.69) is 10.5 Å². The second-order valence-corrected chi connectivity index (χ2v) is 4.27. The van der Waals surface area contributed by atoms with Crippen LogP contribution in [0.25, 0.3) is 0 Å². The maximum absolute atomic E-state index is 13.6. The zero-order valence-corrected chi connectivity index (χ0v) is 11.5. The summed E-state index contributed by atoms with van der Waals surface area (Å²) < 4.78 is 57.4. The van der Waals surface area contributed by atoms with E-state index >= 15 is 0 Å². The number of hydrogen-bond acceptors (Lipinski definition) is 3. The number of para-hydroxylation sites is 1. The molecule has 0 atom stereocenters. The van der Waals surface area contributed by atoms with Crippen molar-refractivity contribution >= 4 is 11.9 Å². The Morgan fingerprint density at radius 2 is 1.77 bits per heavy atom. The summed E-state index contributed by atoms with van der Waals surface area (Å²) in [6, 6.07) is 10.5. The summed E-state index contributed by atoms with van der Waals surface area (Å²) in [5.41, 5.74) is 1.27. The number of halogens is 4. The minimum Gasteiger partial charge on any atom is -0.496 e. The third-order valence-corrected chi connectivity index (χ3v) is 2.82. The average molecular weight is 312 g/mol. The van der Waals surface area contributed by atoms with E-state index in [9.17, 15) is 17.6 Å². The molecule has 1 N–H and O–H groups in total. The Bertz CT molecular complexity index is 669. The Balaban J connectivity index is 2.38. The first-order chi connectivity index (χ1) is 10.4. The largest absolute Gasteiger partial charge is 0.496 e. The van der Waals surface area contributed by atoms with E-state index in [1.807, 2.05) is 0 Å². The first-order valence-electron chi connectivity index (χ1n) is 6.21. The zero-order valence-electron chi connectivity index (χ0n) is 11.5. The Morgan fingerprint density at radius 3 is 2.36 bits per heavy atom. The van der Waals surface area contributed by atoms with E-state index in [1.54, 1.807) is 30.3 Å². The molecular weight excluding hydrogens is 300 g/mol. The van der Waals surface area contributed by atoms with Crippen molar-refractivity contribution in [3.05, 3.63) is 59.4 Å². The van der Waals surface area contributed by atoms with Gasteiger partial charge in [-0.1, -0.05) is 18.2 Å². The Labute approximate surface area is 124 Å². The predicted molar refractivity (Wildman–Crippen MR) is 75.6 cm³/mol. The molecule has 0 bridgehead atoms. The van der Waals surface area contributed by atoms with Gasteiger partial charge in [0.25, 0.3) is 0 Å². The predicted octanol–water partition coefficient (Wildman–Crippen LogP) is 4.30. The van der Waals surface area contributed by atoms with Crippen molar-refractivity contribution in [1.82, 2.24) is 0 Å². The van der Waals surface area contributed by atoms with Crippen LogP contribution in [-0.2, 0) is 6.18 Å². The molecule has 0 aliphatic heterocycles. The van der Waals surface area contributed by atoms with Gasteiger partial charge in [-0.2, -0.15) is 18.3 Å².